The molecule has 0 radical (unpaired) electrons. The van der Waals surface area contributed by atoms with Crippen molar-refractivity contribution in [2.24, 2.45) is 0 Å². The van der Waals surface area contributed by atoms with E-state index in [2.05, 4.69) is 21.5 Å². The number of carbonyl (C=O) groups is 1. The van der Waals surface area contributed by atoms with E-state index in [1.807, 2.05) is 11.8 Å². The summed E-state index contributed by atoms with van der Waals surface area (Å²) < 4.78 is 0. The van der Waals surface area contributed by atoms with Crippen molar-refractivity contribution in [3.05, 3.63) is 4.88 Å². The normalized spacial score (nSPS) is 25.5. The molecule has 1 saturated heterocycles. The molecule has 1 aliphatic carbocycles. The van der Waals surface area contributed by atoms with Crippen LogP contribution in [0.3, 0.4) is 0 Å². The molecule has 1 aromatic heterocycles. The second-order valence-corrected chi connectivity index (χ2v) is 7.74. The minimum absolute atomic E-state index is 0.0543. The molecule has 2 unspecified atom stereocenters. The largest absolute Gasteiger partial charge is 0.382 e. The maximum absolute atomic E-state index is 12.5. The third-order valence-corrected chi connectivity index (χ3v) is 6.60. The summed E-state index contributed by atoms with van der Waals surface area (Å²) in [6.45, 7) is 2.04. The van der Waals surface area contributed by atoms with Gasteiger partial charge in [0.15, 0.2) is 5.13 Å². The molecular weight excluding hydrogens is 304 g/mol. The van der Waals surface area contributed by atoms with E-state index in [1.165, 1.54) is 37.0 Å². The van der Waals surface area contributed by atoms with Crippen molar-refractivity contribution < 1.29 is 4.79 Å². The van der Waals surface area contributed by atoms with Crippen molar-refractivity contribution in [1.29, 1.82) is 0 Å². The lowest BCUT2D eigenvalue weighted by atomic mass is 10.2. The summed E-state index contributed by atoms with van der Waals surface area (Å²) in [5.74, 6) is 0.319. The van der Waals surface area contributed by atoms with Gasteiger partial charge in [0, 0.05) is 24.4 Å². The van der Waals surface area contributed by atoms with Crippen LogP contribution in [0.25, 0.3) is 0 Å². The van der Waals surface area contributed by atoms with Crippen LogP contribution in [0.15, 0.2) is 0 Å². The minimum atomic E-state index is -0.0543. The minimum Gasteiger partial charge on any atom is -0.382 e. The number of thiazole rings is 1. The molecule has 3 N–H and O–H groups in total. The molecule has 0 spiro atoms. The molecule has 1 saturated carbocycles. The van der Waals surface area contributed by atoms with Gasteiger partial charge in [-0.3, -0.25) is 4.79 Å². The van der Waals surface area contributed by atoms with E-state index in [4.69, 9.17) is 5.73 Å². The number of hydrogen-bond donors (Lipinski definition) is 2. The van der Waals surface area contributed by atoms with E-state index in [-0.39, 0.29) is 11.9 Å². The van der Waals surface area contributed by atoms with Gasteiger partial charge in [-0.05, 0) is 31.9 Å². The number of anilines is 2. The molecule has 0 bridgehead atoms. The SMILES string of the molecule is CSC1CCCC1NC(=O)c1sc(N2CCCC2)nc1N. The molecule has 2 fully saturated rings. The van der Waals surface area contributed by atoms with Crippen molar-refractivity contribution in [2.75, 3.05) is 30.0 Å². The predicted molar refractivity (Wildman–Crippen MR) is 90.4 cm³/mol. The van der Waals surface area contributed by atoms with E-state index >= 15 is 0 Å². The fourth-order valence-electron chi connectivity index (χ4n) is 3.13. The van der Waals surface area contributed by atoms with Crippen molar-refractivity contribution in [3.8, 4) is 0 Å². The molecule has 7 heteroatoms. The number of amides is 1. The average Bonchev–Trinajstić information content (AvgIpc) is 3.17. The van der Waals surface area contributed by atoms with Gasteiger partial charge in [0.1, 0.15) is 10.7 Å². The smallest absolute Gasteiger partial charge is 0.265 e. The van der Waals surface area contributed by atoms with Gasteiger partial charge >= 0.3 is 0 Å². The quantitative estimate of drug-likeness (QED) is 0.888. The lowest BCUT2D eigenvalue weighted by Gasteiger charge is -2.18. The summed E-state index contributed by atoms with van der Waals surface area (Å²) in [7, 11) is 0. The van der Waals surface area contributed by atoms with Crippen LogP contribution in [0.5, 0.6) is 0 Å². The number of nitrogens with two attached hydrogens (primary N) is 1. The summed E-state index contributed by atoms with van der Waals surface area (Å²) in [4.78, 5) is 19.6. The monoisotopic (exact) mass is 326 g/mol. The zero-order valence-corrected chi connectivity index (χ0v) is 13.9. The van der Waals surface area contributed by atoms with Gasteiger partial charge in [-0.15, -0.1) is 0 Å². The van der Waals surface area contributed by atoms with Gasteiger partial charge in [0.2, 0.25) is 0 Å². The Morgan fingerprint density at radius 3 is 2.86 bits per heavy atom. The number of hydrogen-bond acceptors (Lipinski definition) is 6. The number of thioether (sulfide) groups is 1. The standard InChI is InChI=1S/C14H22N4OS2/c1-20-10-6-4-5-9(10)16-13(19)11-12(15)17-14(21-11)18-7-2-3-8-18/h9-10H,2-8,15H2,1H3,(H,16,19). The van der Waals surface area contributed by atoms with Crippen LogP contribution in [0.2, 0.25) is 0 Å². The second-order valence-electron chi connectivity index (χ2n) is 5.69. The van der Waals surface area contributed by atoms with Crippen LogP contribution < -0.4 is 16.0 Å². The van der Waals surface area contributed by atoms with E-state index < -0.39 is 0 Å². The summed E-state index contributed by atoms with van der Waals surface area (Å²) in [5, 5.41) is 4.57. The van der Waals surface area contributed by atoms with Gasteiger partial charge in [-0.1, -0.05) is 17.8 Å². The third kappa shape index (κ3) is 3.13. The number of carbonyl (C=O) groups excluding carboxylic acids is 1. The Labute approximate surface area is 133 Å². The first kappa shape index (κ1) is 15.0. The van der Waals surface area contributed by atoms with Crippen molar-refractivity contribution in [3.63, 3.8) is 0 Å². The molecule has 5 nitrogen and oxygen atoms in total. The van der Waals surface area contributed by atoms with Crippen LogP contribution in [0.1, 0.15) is 41.8 Å². The Morgan fingerprint density at radius 2 is 2.14 bits per heavy atom. The molecule has 1 amide bonds. The highest BCUT2D eigenvalue weighted by Gasteiger charge is 2.29. The molecule has 0 aromatic carbocycles. The van der Waals surface area contributed by atoms with E-state index in [1.54, 1.807) is 0 Å². The highest BCUT2D eigenvalue weighted by atomic mass is 32.2. The maximum Gasteiger partial charge on any atom is 0.265 e. The zero-order chi connectivity index (χ0) is 14.8. The summed E-state index contributed by atoms with van der Waals surface area (Å²) in [5.41, 5.74) is 5.96. The maximum atomic E-state index is 12.5. The number of aromatic nitrogens is 1. The topological polar surface area (TPSA) is 71.2 Å². The second kappa shape index (κ2) is 6.44. The Morgan fingerprint density at radius 1 is 1.38 bits per heavy atom. The first-order chi connectivity index (χ1) is 10.2. The number of nitrogen functional groups attached to an aromatic ring is 1. The fraction of sp³-hybridized carbons (Fsp3) is 0.714. The Balaban J connectivity index is 1.69. The molecule has 21 heavy (non-hydrogen) atoms. The van der Waals surface area contributed by atoms with E-state index in [9.17, 15) is 4.79 Å². The predicted octanol–water partition coefficient (Wildman–Crippen LogP) is 2.34. The molecule has 2 heterocycles. The lowest BCUT2D eigenvalue weighted by Crippen LogP contribution is -2.38. The molecular formula is C14H22N4OS2. The fourth-order valence-corrected chi connectivity index (χ4v) is 5.01. The van der Waals surface area contributed by atoms with Crippen molar-refractivity contribution in [2.45, 2.75) is 43.4 Å². The average molecular weight is 326 g/mol. The Kier molecular flexibility index (Phi) is 4.59. The Bertz CT molecular complexity index is 513. The van der Waals surface area contributed by atoms with Gasteiger partial charge in [0.25, 0.3) is 5.91 Å². The summed E-state index contributed by atoms with van der Waals surface area (Å²) in [6, 6.07) is 0.268. The summed E-state index contributed by atoms with van der Waals surface area (Å²) in [6.07, 6.45) is 7.94. The van der Waals surface area contributed by atoms with E-state index in [0.717, 1.165) is 24.6 Å². The highest BCUT2D eigenvalue weighted by molar-refractivity contribution is 7.99. The van der Waals surface area contributed by atoms with Crippen LogP contribution in [0.4, 0.5) is 10.9 Å². The van der Waals surface area contributed by atoms with Gasteiger partial charge in [0.05, 0.1) is 0 Å². The molecule has 2 aliphatic rings. The third-order valence-electron chi connectivity index (χ3n) is 4.30. The number of rotatable bonds is 4. The number of nitrogens with zero attached hydrogens (tertiary/aromatic N) is 2. The van der Waals surface area contributed by atoms with E-state index in [0.29, 0.717) is 15.9 Å². The Hall–Kier alpha value is -0.950. The molecule has 116 valence electrons. The zero-order valence-electron chi connectivity index (χ0n) is 12.3. The molecule has 1 aliphatic heterocycles. The highest BCUT2D eigenvalue weighted by Crippen LogP contribution is 2.32. The van der Waals surface area contributed by atoms with Crippen molar-refractivity contribution >= 4 is 40.0 Å². The first-order valence-electron chi connectivity index (χ1n) is 7.54. The number of nitrogens with one attached hydrogen (secondary N) is 1. The van der Waals surface area contributed by atoms with Crippen molar-refractivity contribution in [1.82, 2.24) is 10.3 Å². The molecule has 2 atom stereocenters. The van der Waals surface area contributed by atoms with Gasteiger partial charge < -0.3 is 16.0 Å². The molecule has 3 rings (SSSR count). The summed E-state index contributed by atoms with van der Waals surface area (Å²) >= 11 is 3.27. The first-order valence-corrected chi connectivity index (χ1v) is 9.64. The van der Waals surface area contributed by atoms with Crippen LogP contribution in [-0.2, 0) is 0 Å². The van der Waals surface area contributed by atoms with Crippen LogP contribution in [0, 0.1) is 0 Å². The van der Waals surface area contributed by atoms with Crippen LogP contribution >= 0.6 is 23.1 Å². The molecule has 1 aromatic rings. The van der Waals surface area contributed by atoms with Gasteiger partial charge in [-0.25, -0.2) is 4.98 Å². The van der Waals surface area contributed by atoms with Crippen LogP contribution in [-0.4, -0.2) is 41.5 Å². The lowest BCUT2D eigenvalue weighted by molar-refractivity contribution is 0.0943. The van der Waals surface area contributed by atoms with Gasteiger partial charge in [-0.2, -0.15) is 11.8 Å².